The van der Waals surface area contributed by atoms with Crippen LogP contribution >= 0.6 is 0 Å². The van der Waals surface area contributed by atoms with Crippen molar-refractivity contribution in [1.82, 2.24) is 53.9 Å². The van der Waals surface area contributed by atoms with Gasteiger partial charge in [-0.2, -0.15) is 10.2 Å². The molecule has 2 aliphatic heterocycles. The molecule has 18 heteroatoms. The van der Waals surface area contributed by atoms with Crippen molar-refractivity contribution >= 4 is 33.8 Å². The average Bonchev–Trinajstić information content (AvgIpc) is 3.92. The Kier molecular flexibility index (Phi) is 9.17. The third kappa shape index (κ3) is 5.96. The van der Waals surface area contributed by atoms with Gasteiger partial charge in [0, 0.05) is 66.1 Å². The first-order valence-corrected chi connectivity index (χ1v) is 21.7. The van der Waals surface area contributed by atoms with Crippen molar-refractivity contribution in [3.05, 3.63) is 135 Å². The summed E-state index contributed by atoms with van der Waals surface area (Å²) in [5, 5.41) is 13.8. The summed E-state index contributed by atoms with van der Waals surface area (Å²) in [6, 6.07) is 15.1. The smallest absolute Gasteiger partial charge is 0.427 e. The van der Waals surface area contributed by atoms with E-state index >= 15 is 13.6 Å². The minimum atomic E-state index is -0.907. The molecule has 3 aromatic carbocycles. The normalized spacial score (nSPS) is 20.2. The number of nitrogens with one attached hydrogen (secondary N) is 2. The molecule has 16 nitrogen and oxygen atoms in total. The molecule has 1 saturated heterocycles. The van der Waals surface area contributed by atoms with Crippen molar-refractivity contribution in [2.24, 2.45) is 13.0 Å². The Morgan fingerprint density at radius 3 is 2.39 bits per heavy atom. The predicted molar refractivity (Wildman–Crippen MR) is 240 cm³/mol. The van der Waals surface area contributed by atoms with E-state index in [2.05, 4.69) is 20.9 Å². The molecule has 5 aromatic heterocycles. The van der Waals surface area contributed by atoms with Gasteiger partial charge < -0.3 is 19.0 Å². The van der Waals surface area contributed by atoms with Crippen LogP contribution in [0.4, 0.5) is 13.6 Å². The Bertz CT molecular complexity index is 3410. The number of aromatic nitrogens is 8. The quantitative estimate of drug-likeness (QED) is 0.164. The van der Waals surface area contributed by atoms with Gasteiger partial charge in [0.15, 0.2) is 0 Å². The van der Waals surface area contributed by atoms with Crippen LogP contribution in [-0.2, 0) is 23.8 Å². The summed E-state index contributed by atoms with van der Waals surface area (Å²) in [7, 11) is 3.36. The third-order valence-electron chi connectivity index (χ3n) is 13.9. The number of carbonyl (C=O) groups excluding carboxylic acids is 2. The number of amides is 2. The van der Waals surface area contributed by atoms with Gasteiger partial charge in [-0.25, -0.2) is 28.0 Å². The Morgan fingerprint density at radius 1 is 0.924 bits per heavy atom. The average molecular weight is 894 g/mol. The highest BCUT2D eigenvalue weighted by molar-refractivity contribution is 6.01. The highest BCUT2D eigenvalue weighted by atomic mass is 19.1. The molecule has 1 aliphatic carbocycles. The van der Waals surface area contributed by atoms with Crippen molar-refractivity contribution in [3.63, 3.8) is 0 Å². The van der Waals surface area contributed by atoms with E-state index in [1.54, 1.807) is 87.8 Å². The lowest BCUT2D eigenvalue weighted by Gasteiger charge is -2.35. The Labute approximate surface area is 375 Å². The lowest BCUT2D eigenvalue weighted by Crippen LogP contribution is -2.49. The summed E-state index contributed by atoms with van der Waals surface area (Å²) < 4.78 is 45.6. The number of halogens is 2. The first-order chi connectivity index (χ1) is 31.7. The standard InChI is InChI=1S/C48H45F2N11O5/c1-24-16-32(17-25(2)41(24)50)61-43(59-15-14-58(47(59)64)31-8-9-37-30(18-31)23-52-56(37)6)40-28(5)57(13-11-36(40)54-61)44(62)39-20-29-19-34(33-10-12-51-42(65-7)27(33)4)35(49)21-38(29)60(39)48(22-26(48)3)45-53-46(63)66-55-45/h8-10,12,14-21,23,26,28,45,55H,11,13,22H2,1-7H3,(H,53,63)/t26-,28-,45?,48-/m0/s1. The molecule has 0 radical (unpaired) electrons. The number of ether oxygens (including phenoxy) is 1. The maximum absolute atomic E-state index is 16.6. The van der Waals surface area contributed by atoms with Crippen LogP contribution in [0.25, 0.3) is 50.1 Å². The highest BCUT2D eigenvalue weighted by Gasteiger charge is 2.62. The van der Waals surface area contributed by atoms with E-state index in [1.165, 1.54) is 17.7 Å². The van der Waals surface area contributed by atoms with Gasteiger partial charge in [-0.3, -0.25) is 23.9 Å². The number of benzene rings is 3. The van der Waals surface area contributed by atoms with Gasteiger partial charge in [-0.1, -0.05) is 6.92 Å². The van der Waals surface area contributed by atoms with E-state index < -0.39 is 29.7 Å². The Balaban J connectivity index is 1.07. The van der Waals surface area contributed by atoms with Gasteiger partial charge in [0.2, 0.25) is 5.88 Å². The molecular weight excluding hydrogens is 849 g/mol. The minimum Gasteiger partial charge on any atom is -0.481 e. The number of aryl methyl sites for hydroxylation is 3. The van der Waals surface area contributed by atoms with Crippen LogP contribution in [0.5, 0.6) is 5.88 Å². The van der Waals surface area contributed by atoms with Crippen LogP contribution < -0.4 is 21.2 Å². The van der Waals surface area contributed by atoms with Crippen LogP contribution in [-0.4, -0.2) is 75.0 Å². The largest absolute Gasteiger partial charge is 0.481 e. The fourth-order valence-electron chi connectivity index (χ4n) is 10.4. The summed E-state index contributed by atoms with van der Waals surface area (Å²) in [5.41, 5.74) is 8.06. The number of methoxy groups -OCH3 is 1. The van der Waals surface area contributed by atoms with Gasteiger partial charge in [-0.15, -0.1) is 5.48 Å². The molecule has 2 N–H and O–H groups in total. The van der Waals surface area contributed by atoms with Crippen LogP contribution in [0.15, 0.2) is 84.2 Å². The maximum Gasteiger partial charge on any atom is 0.427 e. The second-order valence-electron chi connectivity index (χ2n) is 17.7. The van der Waals surface area contributed by atoms with Crippen molar-refractivity contribution in [2.45, 2.75) is 65.2 Å². The van der Waals surface area contributed by atoms with Crippen molar-refractivity contribution in [1.29, 1.82) is 0 Å². The van der Waals surface area contributed by atoms with Crippen molar-refractivity contribution < 1.29 is 27.9 Å². The molecule has 336 valence electrons. The molecule has 4 atom stereocenters. The number of hydrogen-bond donors (Lipinski definition) is 2. The van der Waals surface area contributed by atoms with Crippen LogP contribution in [0.2, 0.25) is 0 Å². The summed E-state index contributed by atoms with van der Waals surface area (Å²) >= 11 is 0. The number of imidazole rings is 1. The first kappa shape index (κ1) is 41.1. The first-order valence-electron chi connectivity index (χ1n) is 21.7. The Morgan fingerprint density at radius 2 is 1.68 bits per heavy atom. The molecule has 66 heavy (non-hydrogen) atoms. The van der Waals surface area contributed by atoms with E-state index in [0.29, 0.717) is 85.9 Å². The molecule has 11 rings (SSSR count). The number of hydrogen-bond acceptors (Lipinski definition) is 9. The van der Waals surface area contributed by atoms with Crippen molar-refractivity contribution in [2.75, 3.05) is 13.7 Å². The summed E-state index contributed by atoms with van der Waals surface area (Å²) in [5.74, 6) is -0.497. The summed E-state index contributed by atoms with van der Waals surface area (Å²) in [4.78, 5) is 53.9. The van der Waals surface area contributed by atoms with Gasteiger partial charge >= 0.3 is 11.8 Å². The molecular formula is C48H45F2N11O5. The molecule has 0 spiro atoms. The van der Waals surface area contributed by atoms with E-state index in [9.17, 15) is 9.59 Å². The molecule has 1 unspecified atom stereocenters. The predicted octanol–water partition coefficient (Wildman–Crippen LogP) is 6.99. The van der Waals surface area contributed by atoms with Crippen LogP contribution in [0, 0.1) is 38.3 Å². The number of rotatable bonds is 8. The monoisotopic (exact) mass is 893 g/mol. The van der Waals surface area contributed by atoms with Gasteiger partial charge in [0.25, 0.3) is 5.91 Å². The highest BCUT2D eigenvalue weighted by Crippen LogP contribution is 2.55. The number of pyridine rings is 1. The van der Waals surface area contributed by atoms with E-state index in [-0.39, 0.29) is 35.6 Å². The number of carbonyl (C=O) groups is 2. The lowest BCUT2D eigenvalue weighted by atomic mass is 9.98. The SMILES string of the molecule is COc1nccc(-c2cc3cc(C(=O)N4CCc5nn(-c6cc(C)c(F)c(C)c6)c(-n6ccn(-c7ccc8c(cnn8C)c7)c6=O)c5[C@@H]4C)n([C@@]4(C5NOC(=O)N5)C[C@@H]4C)c3cc2F)c1C. The third-order valence-corrected chi connectivity index (χ3v) is 13.9. The fourth-order valence-corrected chi connectivity index (χ4v) is 10.4. The lowest BCUT2D eigenvalue weighted by molar-refractivity contribution is 0.0653. The number of hydroxylamine groups is 1. The zero-order chi connectivity index (χ0) is 46.1. The van der Waals surface area contributed by atoms with Gasteiger partial charge in [0.1, 0.15) is 29.3 Å². The van der Waals surface area contributed by atoms with Crippen molar-refractivity contribution in [3.8, 4) is 34.2 Å². The molecule has 0 bridgehead atoms. The second-order valence-corrected chi connectivity index (χ2v) is 17.7. The fraction of sp³-hybridized carbons (Fsp3) is 0.292. The number of fused-ring (bicyclic) bond motifs is 3. The maximum atomic E-state index is 16.6. The molecule has 2 fully saturated rings. The van der Waals surface area contributed by atoms with Crippen LogP contribution in [0.3, 0.4) is 0 Å². The summed E-state index contributed by atoms with van der Waals surface area (Å²) in [6.45, 7) is 9.35. The zero-order valence-corrected chi connectivity index (χ0v) is 37.2. The zero-order valence-electron chi connectivity index (χ0n) is 37.2. The molecule has 2 amide bonds. The summed E-state index contributed by atoms with van der Waals surface area (Å²) in [6.07, 6.45) is 6.15. The Hall–Kier alpha value is -7.60. The molecule has 3 aliphatic rings. The molecule has 1 saturated carbocycles. The van der Waals surface area contributed by atoms with E-state index in [1.807, 2.05) is 50.6 Å². The topological polar surface area (TPSA) is 160 Å². The van der Waals surface area contributed by atoms with Crippen LogP contribution in [0.1, 0.15) is 64.7 Å². The van der Waals surface area contributed by atoms with E-state index in [4.69, 9.17) is 14.7 Å². The number of nitrogens with zero attached hydrogens (tertiary/aromatic N) is 9. The second kappa shape index (κ2) is 14.7. The minimum absolute atomic E-state index is 0.0683. The molecule has 7 heterocycles. The van der Waals surface area contributed by atoms with Gasteiger partial charge in [0.05, 0.1) is 53.0 Å². The van der Waals surface area contributed by atoms with E-state index in [0.717, 1.165) is 10.9 Å². The van der Waals surface area contributed by atoms with Gasteiger partial charge in [-0.05, 0) is 111 Å². The molecule has 8 aromatic rings.